The Bertz CT molecular complexity index is 515. The van der Waals surface area contributed by atoms with Crippen molar-refractivity contribution >= 4 is 27.7 Å². The Morgan fingerprint density at radius 1 is 1.17 bits per heavy atom. The summed E-state index contributed by atoms with van der Waals surface area (Å²) in [6.45, 7) is 0.476. The van der Waals surface area contributed by atoms with Gasteiger partial charge in [-0.2, -0.15) is 0 Å². The number of thioether (sulfide) groups is 1. The van der Waals surface area contributed by atoms with Gasteiger partial charge < -0.3 is 5.73 Å². The van der Waals surface area contributed by atoms with Gasteiger partial charge in [0.25, 0.3) is 0 Å². The number of rotatable bonds is 4. The lowest BCUT2D eigenvalue weighted by molar-refractivity contribution is 0.625. The van der Waals surface area contributed by atoms with Gasteiger partial charge in [0.1, 0.15) is 5.82 Å². The van der Waals surface area contributed by atoms with Gasteiger partial charge >= 0.3 is 0 Å². The van der Waals surface area contributed by atoms with Crippen molar-refractivity contribution in [2.75, 3.05) is 6.54 Å². The van der Waals surface area contributed by atoms with Gasteiger partial charge in [-0.1, -0.05) is 28.1 Å². The molecule has 1 nitrogen and oxygen atoms in total. The van der Waals surface area contributed by atoms with Gasteiger partial charge in [-0.05, 0) is 42.0 Å². The van der Waals surface area contributed by atoms with Gasteiger partial charge in [0, 0.05) is 21.2 Å². The highest BCUT2D eigenvalue weighted by Gasteiger charge is 2.12. The first-order valence-corrected chi connectivity index (χ1v) is 7.24. The minimum absolute atomic E-state index is 0.0712. The van der Waals surface area contributed by atoms with Gasteiger partial charge in [-0.15, -0.1) is 11.8 Å². The molecule has 94 valence electrons. The van der Waals surface area contributed by atoms with Crippen molar-refractivity contribution < 1.29 is 4.39 Å². The van der Waals surface area contributed by atoms with E-state index in [0.29, 0.717) is 6.54 Å². The normalized spacial score (nSPS) is 12.4. The summed E-state index contributed by atoms with van der Waals surface area (Å²) >= 11 is 5.05. The molecule has 0 heterocycles. The van der Waals surface area contributed by atoms with Crippen LogP contribution in [0, 0.1) is 5.82 Å². The molecule has 2 aromatic carbocycles. The predicted octanol–water partition coefficient (Wildman–Crippen LogP) is 4.38. The van der Waals surface area contributed by atoms with E-state index in [1.54, 1.807) is 23.9 Å². The van der Waals surface area contributed by atoms with Crippen LogP contribution >= 0.6 is 27.7 Å². The summed E-state index contributed by atoms with van der Waals surface area (Å²) in [5, 5.41) is 0.0712. The lowest BCUT2D eigenvalue weighted by Gasteiger charge is -2.15. The maximum atomic E-state index is 13.2. The largest absolute Gasteiger partial charge is 0.329 e. The Labute approximate surface area is 119 Å². The maximum Gasteiger partial charge on any atom is 0.123 e. The minimum atomic E-state index is -0.220. The van der Waals surface area contributed by atoms with Crippen molar-refractivity contribution in [3.8, 4) is 0 Å². The van der Waals surface area contributed by atoms with Crippen LogP contribution in [-0.4, -0.2) is 6.54 Å². The molecular formula is C14H13BrFNS. The number of nitrogens with two attached hydrogens (primary N) is 1. The molecular weight excluding hydrogens is 313 g/mol. The standard InChI is InChI=1S/C14H13BrFNS/c15-11-4-6-13(7-5-11)18-14(9-17)10-2-1-3-12(16)8-10/h1-8,14H,9,17H2. The van der Waals surface area contributed by atoms with Gasteiger partial charge in [-0.3, -0.25) is 0 Å². The van der Waals surface area contributed by atoms with E-state index in [4.69, 9.17) is 5.73 Å². The molecule has 1 unspecified atom stereocenters. The van der Waals surface area contributed by atoms with E-state index < -0.39 is 0 Å². The molecule has 2 aromatic rings. The van der Waals surface area contributed by atoms with Crippen LogP contribution < -0.4 is 5.73 Å². The summed E-state index contributed by atoms with van der Waals surface area (Å²) in [6.07, 6.45) is 0. The van der Waals surface area contributed by atoms with Crippen molar-refractivity contribution in [2.45, 2.75) is 10.1 Å². The first kappa shape index (κ1) is 13.6. The van der Waals surface area contributed by atoms with Gasteiger partial charge in [0.2, 0.25) is 0 Å². The second-order valence-corrected chi connectivity index (χ2v) is 6.04. The van der Waals surface area contributed by atoms with Crippen LogP contribution in [0.25, 0.3) is 0 Å². The third-order valence-electron chi connectivity index (χ3n) is 2.53. The SMILES string of the molecule is NCC(Sc1ccc(Br)cc1)c1cccc(F)c1. The van der Waals surface area contributed by atoms with Gasteiger partial charge in [-0.25, -0.2) is 4.39 Å². The number of halogens is 2. The zero-order chi connectivity index (χ0) is 13.0. The second kappa shape index (κ2) is 6.36. The minimum Gasteiger partial charge on any atom is -0.329 e. The van der Waals surface area contributed by atoms with E-state index in [-0.39, 0.29) is 11.1 Å². The maximum absolute atomic E-state index is 13.2. The smallest absolute Gasteiger partial charge is 0.123 e. The molecule has 1 atom stereocenters. The highest BCUT2D eigenvalue weighted by molar-refractivity contribution is 9.10. The Balaban J connectivity index is 2.17. The fourth-order valence-corrected chi connectivity index (χ4v) is 2.90. The van der Waals surface area contributed by atoms with E-state index in [1.807, 2.05) is 30.3 Å². The molecule has 2 N–H and O–H groups in total. The van der Waals surface area contributed by atoms with Crippen molar-refractivity contribution in [1.29, 1.82) is 0 Å². The molecule has 0 bridgehead atoms. The average molecular weight is 326 g/mol. The summed E-state index contributed by atoms with van der Waals surface area (Å²) in [5.41, 5.74) is 6.70. The van der Waals surface area contributed by atoms with Crippen molar-refractivity contribution in [2.24, 2.45) is 5.73 Å². The number of benzene rings is 2. The third-order valence-corrected chi connectivity index (χ3v) is 4.35. The molecule has 2 rings (SSSR count). The Hall–Kier alpha value is -0.840. The quantitative estimate of drug-likeness (QED) is 0.844. The molecule has 0 aliphatic rings. The molecule has 0 fully saturated rings. The molecule has 0 saturated carbocycles. The zero-order valence-corrected chi connectivity index (χ0v) is 12.0. The molecule has 0 spiro atoms. The van der Waals surface area contributed by atoms with Crippen molar-refractivity contribution in [1.82, 2.24) is 0 Å². The molecule has 0 aromatic heterocycles. The van der Waals surface area contributed by atoms with E-state index in [0.717, 1.165) is 14.9 Å². The molecule has 4 heteroatoms. The van der Waals surface area contributed by atoms with E-state index in [2.05, 4.69) is 15.9 Å². The third kappa shape index (κ3) is 3.57. The van der Waals surface area contributed by atoms with Crippen LogP contribution in [-0.2, 0) is 0 Å². The van der Waals surface area contributed by atoms with Crippen LogP contribution in [0.5, 0.6) is 0 Å². The Morgan fingerprint density at radius 3 is 2.50 bits per heavy atom. The lowest BCUT2D eigenvalue weighted by Crippen LogP contribution is -2.09. The first-order valence-electron chi connectivity index (χ1n) is 5.57. The average Bonchev–Trinajstić information content (AvgIpc) is 2.38. The zero-order valence-electron chi connectivity index (χ0n) is 9.64. The lowest BCUT2D eigenvalue weighted by atomic mass is 10.1. The summed E-state index contributed by atoms with van der Waals surface area (Å²) in [7, 11) is 0. The number of hydrogen-bond donors (Lipinski definition) is 1. The molecule has 0 aliphatic carbocycles. The molecule has 0 radical (unpaired) electrons. The van der Waals surface area contributed by atoms with Gasteiger partial charge in [0.05, 0.1) is 0 Å². The first-order chi connectivity index (χ1) is 8.69. The van der Waals surface area contributed by atoms with Crippen LogP contribution in [0.1, 0.15) is 10.8 Å². The van der Waals surface area contributed by atoms with E-state index in [1.165, 1.54) is 6.07 Å². The topological polar surface area (TPSA) is 26.0 Å². The van der Waals surface area contributed by atoms with Crippen LogP contribution in [0.2, 0.25) is 0 Å². The van der Waals surface area contributed by atoms with E-state index >= 15 is 0 Å². The van der Waals surface area contributed by atoms with Gasteiger partial charge in [0.15, 0.2) is 0 Å². The Morgan fingerprint density at radius 2 is 1.89 bits per heavy atom. The fourth-order valence-electron chi connectivity index (χ4n) is 1.64. The highest BCUT2D eigenvalue weighted by Crippen LogP contribution is 2.35. The summed E-state index contributed by atoms with van der Waals surface area (Å²) in [5.74, 6) is -0.220. The molecule has 18 heavy (non-hydrogen) atoms. The summed E-state index contributed by atoms with van der Waals surface area (Å²) in [6, 6.07) is 14.6. The predicted molar refractivity (Wildman–Crippen MR) is 78.2 cm³/mol. The number of hydrogen-bond acceptors (Lipinski definition) is 2. The summed E-state index contributed by atoms with van der Waals surface area (Å²) < 4.78 is 14.2. The highest BCUT2D eigenvalue weighted by atomic mass is 79.9. The van der Waals surface area contributed by atoms with E-state index in [9.17, 15) is 4.39 Å². The molecule has 0 amide bonds. The second-order valence-electron chi connectivity index (χ2n) is 3.85. The Kier molecular flexibility index (Phi) is 4.80. The van der Waals surface area contributed by atoms with Crippen LogP contribution in [0.3, 0.4) is 0 Å². The fraction of sp³-hybridized carbons (Fsp3) is 0.143. The van der Waals surface area contributed by atoms with Crippen molar-refractivity contribution in [3.05, 3.63) is 64.4 Å². The van der Waals surface area contributed by atoms with Crippen LogP contribution in [0.15, 0.2) is 57.9 Å². The molecule has 0 saturated heterocycles. The monoisotopic (exact) mass is 325 g/mol. The van der Waals surface area contributed by atoms with Crippen molar-refractivity contribution in [3.63, 3.8) is 0 Å². The summed E-state index contributed by atoms with van der Waals surface area (Å²) in [4.78, 5) is 1.12. The van der Waals surface area contributed by atoms with Crippen LogP contribution in [0.4, 0.5) is 4.39 Å². The molecule has 0 aliphatic heterocycles.